The fourth-order valence-electron chi connectivity index (χ4n) is 2.77. The van der Waals surface area contributed by atoms with Crippen molar-refractivity contribution in [2.24, 2.45) is 5.92 Å². The van der Waals surface area contributed by atoms with Gasteiger partial charge in [0.1, 0.15) is 0 Å². The maximum Gasteiger partial charge on any atom is 0.251 e. The van der Waals surface area contributed by atoms with Gasteiger partial charge in [0.15, 0.2) is 5.82 Å². The summed E-state index contributed by atoms with van der Waals surface area (Å²) in [5, 5.41) is 15.7. The number of carbonyl (C=O) groups excluding carboxylic acids is 1. The van der Waals surface area contributed by atoms with E-state index in [-0.39, 0.29) is 24.0 Å². The Balaban J connectivity index is 1.69. The summed E-state index contributed by atoms with van der Waals surface area (Å²) in [5.41, 5.74) is 0.620. The second-order valence-corrected chi connectivity index (χ2v) is 6.40. The van der Waals surface area contributed by atoms with Gasteiger partial charge in [0.2, 0.25) is 0 Å². The first-order valence-corrected chi connectivity index (χ1v) is 8.38. The Morgan fingerprint density at radius 1 is 1.38 bits per heavy atom. The average Bonchev–Trinajstić information content (AvgIpc) is 3.25. The van der Waals surface area contributed by atoms with Crippen molar-refractivity contribution < 1.29 is 9.53 Å². The number of aromatic nitrogens is 4. The quantitative estimate of drug-likeness (QED) is 0.876. The molecule has 1 fully saturated rings. The van der Waals surface area contributed by atoms with Crippen molar-refractivity contribution in [3.8, 4) is 0 Å². The van der Waals surface area contributed by atoms with Gasteiger partial charge in [-0.05, 0) is 36.1 Å². The Kier molecular flexibility index (Phi) is 5.20. The van der Waals surface area contributed by atoms with Crippen LogP contribution in [0.3, 0.4) is 0 Å². The zero-order chi connectivity index (χ0) is 16.9. The molecule has 1 saturated heterocycles. The summed E-state index contributed by atoms with van der Waals surface area (Å²) < 4.78 is 5.60. The third kappa shape index (κ3) is 3.97. The van der Waals surface area contributed by atoms with Gasteiger partial charge in [-0.15, -0.1) is 10.2 Å². The van der Waals surface area contributed by atoms with Crippen LogP contribution in [0.2, 0.25) is 0 Å². The number of carbonyl (C=O) groups is 1. The summed E-state index contributed by atoms with van der Waals surface area (Å²) in [6, 6.07) is 8.86. The van der Waals surface area contributed by atoms with Gasteiger partial charge >= 0.3 is 0 Å². The molecule has 0 spiro atoms. The van der Waals surface area contributed by atoms with Crippen LogP contribution in [-0.2, 0) is 11.3 Å². The lowest BCUT2D eigenvalue weighted by atomic mass is 10.0. The van der Waals surface area contributed by atoms with Crippen molar-refractivity contribution in [1.82, 2.24) is 25.5 Å². The third-order valence-corrected chi connectivity index (χ3v) is 4.13. The molecular weight excluding hydrogens is 306 g/mol. The van der Waals surface area contributed by atoms with E-state index < -0.39 is 0 Å². The summed E-state index contributed by atoms with van der Waals surface area (Å²) in [6.45, 7) is 5.45. The standard InChI is InChI=1S/C17H23N5O2/c1-12(2)15(18-17(23)13-7-4-3-5-8-13)16-19-21-22(20-16)11-14-9-6-10-24-14/h3-5,7-8,12,14-15H,6,9-11H2,1-2H3,(H,18,23)/t14-,15+/m1/s1. The number of hydrogen-bond acceptors (Lipinski definition) is 5. The Bertz CT molecular complexity index is 665. The zero-order valence-corrected chi connectivity index (χ0v) is 14.1. The van der Waals surface area contributed by atoms with Crippen LogP contribution < -0.4 is 5.32 Å². The van der Waals surface area contributed by atoms with E-state index in [1.54, 1.807) is 16.9 Å². The molecule has 0 aliphatic carbocycles. The second kappa shape index (κ2) is 7.53. The van der Waals surface area contributed by atoms with Crippen LogP contribution in [0, 0.1) is 5.92 Å². The van der Waals surface area contributed by atoms with Gasteiger partial charge in [-0.25, -0.2) is 0 Å². The highest BCUT2D eigenvalue weighted by atomic mass is 16.5. The summed E-state index contributed by atoms with van der Waals surface area (Å²) in [6.07, 6.45) is 2.26. The van der Waals surface area contributed by atoms with Crippen molar-refractivity contribution in [2.45, 2.75) is 45.4 Å². The number of ether oxygens (including phenoxy) is 1. The minimum Gasteiger partial charge on any atom is -0.376 e. The fourth-order valence-corrected chi connectivity index (χ4v) is 2.77. The van der Waals surface area contributed by atoms with Crippen LogP contribution in [0.25, 0.3) is 0 Å². The summed E-state index contributed by atoms with van der Waals surface area (Å²) >= 11 is 0. The molecule has 1 aliphatic rings. The molecule has 1 aliphatic heterocycles. The normalized spacial score (nSPS) is 18.7. The molecule has 1 aromatic heterocycles. The van der Waals surface area contributed by atoms with Gasteiger partial charge < -0.3 is 10.1 Å². The number of nitrogens with zero attached hydrogens (tertiary/aromatic N) is 4. The molecule has 2 atom stereocenters. The monoisotopic (exact) mass is 329 g/mol. The van der Waals surface area contributed by atoms with Crippen LogP contribution in [0.1, 0.15) is 48.9 Å². The predicted molar refractivity (Wildman–Crippen MR) is 88.3 cm³/mol. The molecule has 2 aromatic rings. The molecule has 1 aromatic carbocycles. The second-order valence-electron chi connectivity index (χ2n) is 6.40. The van der Waals surface area contributed by atoms with Crippen molar-refractivity contribution in [3.63, 3.8) is 0 Å². The number of tetrazole rings is 1. The van der Waals surface area contributed by atoms with E-state index >= 15 is 0 Å². The Labute approximate surface area is 141 Å². The van der Waals surface area contributed by atoms with Crippen molar-refractivity contribution in [3.05, 3.63) is 41.7 Å². The van der Waals surface area contributed by atoms with Gasteiger partial charge in [0, 0.05) is 12.2 Å². The highest BCUT2D eigenvalue weighted by Crippen LogP contribution is 2.19. The number of rotatable bonds is 6. The molecule has 7 heteroatoms. The Morgan fingerprint density at radius 3 is 2.83 bits per heavy atom. The maximum absolute atomic E-state index is 12.4. The first-order valence-electron chi connectivity index (χ1n) is 8.38. The number of nitrogens with one attached hydrogen (secondary N) is 1. The van der Waals surface area contributed by atoms with Crippen LogP contribution in [-0.4, -0.2) is 38.8 Å². The van der Waals surface area contributed by atoms with E-state index in [9.17, 15) is 4.79 Å². The predicted octanol–water partition coefficient (Wildman–Crippen LogP) is 1.98. The molecule has 7 nitrogen and oxygen atoms in total. The SMILES string of the molecule is CC(C)[C@H](NC(=O)c1ccccc1)c1nnn(C[C@H]2CCCO2)n1. The highest BCUT2D eigenvalue weighted by Gasteiger charge is 2.25. The molecule has 1 amide bonds. The summed E-state index contributed by atoms with van der Waals surface area (Å²) in [5.74, 6) is 0.551. The molecule has 2 heterocycles. The van der Waals surface area contributed by atoms with E-state index in [0.29, 0.717) is 17.9 Å². The van der Waals surface area contributed by atoms with Crippen LogP contribution in [0.15, 0.2) is 30.3 Å². The van der Waals surface area contributed by atoms with E-state index in [1.165, 1.54) is 0 Å². The Hall–Kier alpha value is -2.28. The van der Waals surface area contributed by atoms with Crippen LogP contribution in [0.5, 0.6) is 0 Å². The molecular formula is C17H23N5O2. The van der Waals surface area contributed by atoms with Crippen LogP contribution in [0.4, 0.5) is 0 Å². The largest absolute Gasteiger partial charge is 0.376 e. The van der Waals surface area contributed by atoms with E-state index in [2.05, 4.69) is 20.7 Å². The summed E-state index contributed by atoms with van der Waals surface area (Å²) in [4.78, 5) is 14.0. The lowest BCUT2D eigenvalue weighted by Gasteiger charge is -2.19. The van der Waals surface area contributed by atoms with Gasteiger partial charge in [0.05, 0.1) is 18.7 Å². The first-order chi connectivity index (χ1) is 11.6. The van der Waals surface area contributed by atoms with Crippen molar-refractivity contribution in [1.29, 1.82) is 0 Å². The number of amides is 1. The molecule has 3 rings (SSSR count). The lowest BCUT2D eigenvalue weighted by Crippen LogP contribution is -2.32. The molecule has 1 N–H and O–H groups in total. The fraction of sp³-hybridized carbons (Fsp3) is 0.529. The minimum absolute atomic E-state index is 0.134. The third-order valence-electron chi connectivity index (χ3n) is 4.13. The van der Waals surface area contributed by atoms with Gasteiger partial charge in [-0.1, -0.05) is 32.0 Å². The van der Waals surface area contributed by atoms with Gasteiger partial charge in [-0.3, -0.25) is 4.79 Å². The molecule has 0 saturated carbocycles. The molecule has 0 radical (unpaired) electrons. The van der Waals surface area contributed by atoms with Gasteiger partial charge in [-0.2, -0.15) is 4.80 Å². The van der Waals surface area contributed by atoms with Crippen molar-refractivity contribution >= 4 is 5.91 Å². The van der Waals surface area contributed by atoms with Gasteiger partial charge in [0.25, 0.3) is 5.91 Å². The van der Waals surface area contributed by atoms with E-state index in [4.69, 9.17) is 4.74 Å². The maximum atomic E-state index is 12.4. The molecule has 0 bridgehead atoms. The molecule has 128 valence electrons. The minimum atomic E-state index is -0.282. The van der Waals surface area contributed by atoms with Crippen LogP contribution >= 0.6 is 0 Å². The molecule has 0 unspecified atom stereocenters. The van der Waals surface area contributed by atoms with E-state index in [1.807, 2.05) is 32.0 Å². The number of benzene rings is 1. The lowest BCUT2D eigenvalue weighted by molar-refractivity contribution is 0.0891. The van der Waals surface area contributed by atoms with Crippen molar-refractivity contribution in [2.75, 3.05) is 6.61 Å². The smallest absolute Gasteiger partial charge is 0.251 e. The highest BCUT2D eigenvalue weighted by molar-refractivity contribution is 5.94. The van der Waals surface area contributed by atoms with E-state index in [0.717, 1.165) is 19.4 Å². The summed E-state index contributed by atoms with van der Waals surface area (Å²) in [7, 11) is 0. The average molecular weight is 329 g/mol. The first kappa shape index (κ1) is 16.6. The topological polar surface area (TPSA) is 81.9 Å². The molecule has 24 heavy (non-hydrogen) atoms. The number of hydrogen-bond donors (Lipinski definition) is 1. The Morgan fingerprint density at radius 2 is 2.17 bits per heavy atom. The zero-order valence-electron chi connectivity index (χ0n) is 14.1.